The molecule has 1 amide bonds. The molecule has 0 aromatic carbocycles. The predicted octanol–water partition coefficient (Wildman–Crippen LogP) is 2.40. The minimum absolute atomic E-state index is 0.0909. The van der Waals surface area contributed by atoms with Crippen molar-refractivity contribution in [1.29, 1.82) is 0 Å². The first-order chi connectivity index (χ1) is 6.82. The van der Waals surface area contributed by atoms with Gasteiger partial charge in [0, 0.05) is 18.2 Å². The van der Waals surface area contributed by atoms with Crippen LogP contribution in [0.15, 0.2) is 18.3 Å². The number of nitrogens with zero attached hydrogens (tertiary/aromatic N) is 2. The number of hydrogen-bond donors (Lipinski definition) is 0. The van der Waals surface area contributed by atoms with Gasteiger partial charge in [-0.15, -0.1) is 0 Å². The van der Waals surface area contributed by atoms with Gasteiger partial charge in [-0.1, -0.05) is 20.8 Å². The fourth-order valence-electron chi connectivity index (χ4n) is 1.28. The highest BCUT2D eigenvalue weighted by molar-refractivity contribution is 5.96. The molecule has 0 saturated heterocycles. The van der Waals surface area contributed by atoms with Crippen LogP contribution < -0.4 is 4.90 Å². The van der Waals surface area contributed by atoms with Crippen molar-refractivity contribution < 1.29 is 4.79 Å². The minimum Gasteiger partial charge on any atom is -0.314 e. The van der Waals surface area contributed by atoms with Crippen LogP contribution in [0.5, 0.6) is 0 Å². The van der Waals surface area contributed by atoms with Crippen molar-refractivity contribution in [3.05, 3.63) is 24.0 Å². The van der Waals surface area contributed by atoms with Crippen molar-refractivity contribution in [3.63, 3.8) is 0 Å². The molecule has 1 heterocycles. The van der Waals surface area contributed by atoms with Gasteiger partial charge in [-0.25, -0.2) is 0 Å². The third kappa shape index (κ3) is 2.78. The Bertz CT molecular complexity index is 349. The molecule has 3 heteroatoms. The maximum absolute atomic E-state index is 11.9. The highest BCUT2D eigenvalue weighted by Gasteiger charge is 2.25. The first-order valence-corrected chi connectivity index (χ1v) is 5.03. The van der Waals surface area contributed by atoms with E-state index in [0.29, 0.717) is 0 Å². The van der Waals surface area contributed by atoms with E-state index in [1.54, 1.807) is 18.1 Å². The second kappa shape index (κ2) is 4.01. The van der Waals surface area contributed by atoms with Crippen LogP contribution in [-0.4, -0.2) is 17.9 Å². The minimum atomic E-state index is -0.361. The number of pyridine rings is 1. The molecule has 3 nitrogen and oxygen atoms in total. The zero-order chi connectivity index (χ0) is 11.6. The Morgan fingerprint density at radius 3 is 2.33 bits per heavy atom. The van der Waals surface area contributed by atoms with Crippen LogP contribution in [0.4, 0.5) is 5.69 Å². The van der Waals surface area contributed by atoms with Crippen LogP contribution in [0.25, 0.3) is 0 Å². The van der Waals surface area contributed by atoms with E-state index in [4.69, 9.17) is 0 Å². The molecule has 0 atom stereocenters. The standard InChI is InChI=1S/C12H18N2O/c1-9-6-7-10(8-13-9)14(5)11(15)12(2,3)4/h6-8H,1-5H3. The van der Waals surface area contributed by atoms with Crippen LogP contribution >= 0.6 is 0 Å². The summed E-state index contributed by atoms with van der Waals surface area (Å²) in [5.41, 5.74) is 1.43. The molecule has 1 aromatic heterocycles. The molecule has 1 rings (SSSR count). The van der Waals surface area contributed by atoms with E-state index in [9.17, 15) is 4.79 Å². The van der Waals surface area contributed by atoms with Crippen molar-refractivity contribution in [2.75, 3.05) is 11.9 Å². The van der Waals surface area contributed by atoms with Gasteiger partial charge in [0.05, 0.1) is 11.9 Å². The summed E-state index contributed by atoms with van der Waals surface area (Å²) in [6.07, 6.45) is 1.72. The van der Waals surface area contributed by atoms with Crippen molar-refractivity contribution in [2.24, 2.45) is 5.41 Å². The van der Waals surface area contributed by atoms with E-state index in [1.807, 2.05) is 39.8 Å². The summed E-state index contributed by atoms with van der Waals surface area (Å²) >= 11 is 0. The number of aryl methyl sites for hydroxylation is 1. The quantitative estimate of drug-likeness (QED) is 0.707. The zero-order valence-electron chi connectivity index (χ0n) is 10.0. The molecule has 0 fully saturated rings. The molecule has 0 unspecified atom stereocenters. The van der Waals surface area contributed by atoms with Gasteiger partial charge in [0.15, 0.2) is 0 Å². The van der Waals surface area contributed by atoms with Gasteiger partial charge in [-0.05, 0) is 19.1 Å². The smallest absolute Gasteiger partial charge is 0.232 e. The Hall–Kier alpha value is -1.38. The van der Waals surface area contributed by atoms with Crippen molar-refractivity contribution >= 4 is 11.6 Å². The number of carbonyl (C=O) groups excluding carboxylic acids is 1. The lowest BCUT2D eigenvalue weighted by molar-refractivity contribution is -0.125. The number of rotatable bonds is 1. The molecule has 0 spiro atoms. The Labute approximate surface area is 91.1 Å². The normalized spacial score (nSPS) is 11.3. The topological polar surface area (TPSA) is 33.2 Å². The van der Waals surface area contributed by atoms with Crippen molar-refractivity contribution in [2.45, 2.75) is 27.7 Å². The fourth-order valence-corrected chi connectivity index (χ4v) is 1.28. The molecule has 15 heavy (non-hydrogen) atoms. The second-order valence-electron chi connectivity index (χ2n) is 4.77. The second-order valence-corrected chi connectivity index (χ2v) is 4.77. The molecule has 82 valence electrons. The number of hydrogen-bond acceptors (Lipinski definition) is 2. The zero-order valence-corrected chi connectivity index (χ0v) is 10.0. The molecule has 0 radical (unpaired) electrons. The molecular formula is C12H18N2O. The Balaban J connectivity index is 2.90. The fraction of sp³-hybridized carbons (Fsp3) is 0.500. The Morgan fingerprint density at radius 1 is 1.33 bits per heavy atom. The third-order valence-electron chi connectivity index (χ3n) is 2.23. The van der Waals surface area contributed by atoms with Crippen LogP contribution in [0.1, 0.15) is 26.5 Å². The summed E-state index contributed by atoms with van der Waals surface area (Å²) in [6.45, 7) is 7.66. The number of amides is 1. The Kier molecular flexibility index (Phi) is 3.12. The SMILES string of the molecule is Cc1ccc(N(C)C(=O)C(C)(C)C)cn1. The molecule has 0 aliphatic rings. The largest absolute Gasteiger partial charge is 0.314 e. The van der Waals surface area contributed by atoms with Gasteiger partial charge in [0.25, 0.3) is 0 Å². The third-order valence-corrected chi connectivity index (χ3v) is 2.23. The van der Waals surface area contributed by atoms with Gasteiger partial charge >= 0.3 is 0 Å². The lowest BCUT2D eigenvalue weighted by Crippen LogP contribution is -2.36. The number of carbonyl (C=O) groups is 1. The van der Waals surface area contributed by atoms with Gasteiger partial charge in [-0.2, -0.15) is 0 Å². The molecule has 0 saturated carbocycles. The summed E-state index contributed by atoms with van der Waals surface area (Å²) in [7, 11) is 1.78. The monoisotopic (exact) mass is 206 g/mol. The first kappa shape index (κ1) is 11.7. The maximum atomic E-state index is 11.9. The van der Waals surface area contributed by atoms with E-state index in [-0.39, 0.29) is 11.3 Å². The predicted molar refractivity (Wildman–Crippen MR) is 61.8 cm³/mol. The van der Waals surface area contributed by atoms with Gasteiger partial charge in [-0.3, -0.25) is 9.78 Å². The summed E-state index contributed by atoms with van der Waals surface area (Å²) in [4.78, 5) is 17.8. The molecule has 0 N–H and O–H groups in total. The van der Waals surface area contributed by atoms with Crippen LogP contribution in [-0.2, 0) is 4.79 Å². The summed E-state index contributed by atoms with van der Waals surface area (Å²) < 4.78 is 0. The van der Waals surface area contributed by atoms with Gasteiger partial charge in [0.1, 0.15) is 0 Å². The molecule has 0 bridgehead atoms. The highest BCUT2D eigenvalue weighted by Crippen LogP contribution is 2.21. The lowest BCUT2D eigenvalue weighted by Gasteiger charge is -2.25. The van der Waals surface area contributed by atoms with E-state index >= 15 is 0 Å². The average molecular weight is 206 g/mol. The van der Waals surface area contributed by atoms with Crippen molar-refractivity contribution in [3.8, 4) is 0 Å². The maximum Gasteiger partial charge on any atom is 0.232 e. The van der Waals surface area contributed by atoms with Crippen molar-refractivity contribution in [1.82, 2.24) is 4.98 Å². The molecule has 0 aliphatic carbocycles. The molecule has 1 aromatic rings. The van der Waals surface area contributed by atoms with E-state index in [2.05, 4.69) is 4.98 Å². The lowest BCUT2D eigenvalue weighted by atomic mass is 9.95. The average Bonchev–Trinajstić information content (AvgIpc) is 2.15. The van der Waals surface area contributed by atoms with E-state index in [1.165, 1.54) is 0 Å². The van der Waals surface area contributed by atoms with E-state index in [0.717, 1.165) is 11.4 Å². The van der Waals surface area contributed by atoms with Crippen LogP contribution in [0.3, 0.4) is 0 Å². The summed E-state index contributed by atoms with van der Waals surface area (Å²) in [6, 6.07) is 3.81. The summed E-state index contributed by atoms with van der Waals surface area (Å²) in [5.74, 6) is 0.0909. The van der Waals surface area contributed by atoms with Gasteiger partial charge < -0.3 is 4.90 Å². The van der Waals surface area contributed by atoms with E-state index < -0.39 is 0 Å². The molecule has 0 aliphatic heterocycles. The molecular weight excluding hydrogens is 188 g/mol. The van der Waals surface area contributed by atoms with Crippen LogP contribution in [0.2, 0.25) is 0 Å². The van der Waals surface area contributed by atoms with Crippen LogP contribution in [0, 0.1) is 12.3 Å². The van der Waals surface area contributed by atoms with Gasteiger partial charge in [0.2, 0.25) is 5.91 Å². The first-order valence-electron chi connectivity index (χ1n) is 5.03. The number of aromatic nitrogens is 1. The summed E-state index contributed by atoms with van der Waals surface area (Å²) in [5, 5.41) is 0. The number of anilines is 1. The Morgan fingerprint density at radius 2 is 1.93 bits per heavy atom. The highest BCUT2D eigenvalue weighted by atomic mass is 16.2.